The second-order valence-electron chi connectivity index (χ2n) is 6.30. The van der Waals surface area contributed by atoms with Gasteiger partial charge in [0.2, 0.25) is 0 Å². The lowest BCUT2D eigenvalue weighted by molar-refractivity contribution is 0.0997. The molecule has 0 aliphatic carbocycles. The van der Waals surface area contributed by atoms with Crippen molar-refractivity contribution in [1.82, 2.24) is 4.98 Å². The van der Waals surface area contributed by atoms with Gasteiger partial charge < -0.3 is 15.2 Å². The van der Waals surface area contributed by atoms with Gasteiger partial charge in [-0.05, 0) is 35.4 Å². The molecule has 0 fully saturated rings. The van der Waals surface area contributed by atoms with Crippen LogP contribution >= 0.6 is 19.7 Å². The minimum absolute atomic E-state index is 0.357. The molecule has 4 aromatic rings. The van der Waals surface area contributed by atoms with Gasteiger partial charge in [0.15, 0.2) is 0 Å². The van der Waals surface area contributed by atoms with Crippen molar-refractivity contribution in [2.24, 2.45) is 5.73 Å². The van der Waals surface area contributed by atoms with Gasteiger partial charge in [-0.2, -0.15) is 0 Å². The van der Waals surface area contributed by atoms with E-state index in [1.54, 1.807) is 13.2 Å². The number of rotatable bonds is 5. The van der Waals surface area contributed by atoms with Crippen LogP contribution in [-0.4, -0.2) is 18.0 Å². The molecule has 28 heavy (non-hydrogen) atoms. The third-order valence-electron chi connectivity index (χ3n) is 4.55. The number of amides is 1. The highest BCUT2D eigenvalue weighted by Crippen LogP contribution is 2.39. The summed E-state index contributed by atoms with van der Waals surface area (Å²) in [6, 6.07) is 23.8. The molecule has 1 amide bonds. The van der Waals surface area contributed by atoms with Crippen LogP contribution in [0.1, 0.15) is 10.5 Å². The zero-order chi connectivity index (χ0) is 19.7. The molecule has 3 aromatic carbocycles. The SMILES string of the molecule is COP(c1cccc(-c2ccccc2)c1)c1c(C(N)=O)[nH]c2ccc(Cl)cc12. The maximum Gasteiger partial charge on any atom is 0.265 e. The predicted octanol–water partition coefficient (Wildman–Crippen LogP) is 4.58. The maximum atomic E-state index is 12.1. The van der Waals surface area contributed by atoms with Gasteiger partial charge in [0.05, 0.1) is 8.15 Å². The Hall–Kier alpha value is -2.65. The average Bonchev–Trinajstić information content (AvgIpc) is 3.08. The van der Waals surface area contributed by atoms with E-state index in [1.165, 1.54) is 0 Å². The van der Waals surface area contributed by atoms with Gasteiger partial charge in [0.25, 0.3) is 5.91 Å². The van der Waals surface area contributed by atoms with Crippen LogP contribution < -0.4 is 16.3 Å². The number of nitrogens with one attached hydrogen (secondary N) is 1. The first kappa shape index (κ1) is 18.7. The Kier molecular flexibility index (Phi) is 5.19. The molecule has 1 unspecified atom stereocenters. The molecule has 0 aliphatic heterocycles. The molecule has 0 bridgehead atoms. The summed E-state index contributed by atoms with van der Waals surface area (Å²) < 4.78 is 5.90. The van der Waals surface area contributed by atoms with Gasteiger partial charge in [-0.1, -0.05) is 60.1 Å². The lowest BCUT2D eigenvalue weighted by Crippen LogP contribution is -2.23. The first-order chi connectivity index (χ1) is 13.6. The molecule has 1 atom stereocenters. The van der Waals surface area contributed by atoms with Crippen LogP contribution in [-0.2, 0) is 4.52 Å². The number of H-pyrrole nitrogens is 1. The second kappa shape index (κ2) is 7.76. The van der Waals surface area contributed by atoms with Gasteiger partial charge in [0.1, 0.15) is 5.69 Å². The largest absolute Gasteiger partial charge is 0.364 e. The third kappa shape index (κ3) is 3.43. The number of benzene rings is 3. The van der Waals surface area contributed by atoms with Crippen LogP contribution in [0.3, 0.4) is 0 Å². The fourth-order valence-electron chi connectivity index (χ4n) is 3.31. The number of halogens is 1. The molecule has 3 N–H and O–H groups in total. The summed E-state index contributed by atoms with van der Waals surface area (Å²) in [6.45, 7) is 0. The molecular formula is C22H18ClN2O2P. The quantitative estimate of drug-likeness (QED) is 0.474. The van der Waals surface area contributed by atoms with E-state index in [0.29, 0.717) is 10.7 Å². The van der Waals surface area contributed by atoms with Crippen molar-refractivity contribution in [3.05, 3.63) is 83.5 Å². The Morgan fingerprint density at radius 3 is 2.46 bits per heavy atom. The van der Waals surface area contributed by atoms with Crippen molar-refractivity contribution < 1.29 is 9.32 Å². The predicted molar refractivity (Wildman–Crippen MR) is 117 cm³/mol. The van der Waals surface area contributed by atoms with Gasteiger partial charge >= 0.3 is 0 Å². The summed E-state index contributed by atoms with van der Waals surface area (Å²) >= 11 is 6.21. The number of carbonyl (C=O) groups excluding carboxylic acids is 1. The van der Waals surface area contributed by atoms with Crippen LogP contribution in [0.5, 0.6) is 0 Å². The van der Waals surface area contributed by atoms with Crippen molar-refractivity contribution in [3.63, 3.8) is 0 Å². The minimum Gasteiger partial charge on any atom is -0.364 e. The number of primary amides is 1. The van der Waals surface area contributed by atoms with Gasteiger partial charge in [-0.3, -0.25) is 4.79 Å². The Labute approximate surface area is 169 Å². The van der Waals surface area contributed by atoms with Crippen molar-refractivity contribution in [2.45, 2.75) is 0 Å². The van der Waals surface area contributed by atoms with E-state index in [9.17, 15) is 4.79 Å². The van der Waals surface area contributed by atoms with E-state index >= 15 is 0 Å². The molecule has 6 heteroatoms. The fraction of sp³-hybridized carbons (Fsp3) is 0.0455. The zero-order valence-corrected chi connectivity index (χ0v) is 16.8. The summed E-state index contributed by atoms with van der Waals surface area (Å²) in [5.74, 6) is -0.522. The highest BCUT2D eigenvalue weighted by molar-refractivity contribution is 7.69. The molecule has 1 heterocycles. The molecule has 4 nitrogen and oxygen atoms in total. The summed E-state index contributed by atoms with van der Waals surface area (Å²) in [5, 5.41) is 3.18. The molecule has 0 aliphatic rings. The van der Waals surface area contributed by atoms with Crippen molar-refractivity contribution in [1.29, 1.82) is 0 Å². The van der Waals surface area contributed by atoms with Crippen molar-refractivity contribution >= 4 is 47.2 Å². The van der Waals surface area contributed by atoms with Crippen LogP contribution in [0.4, 0.5) is 0 Å². The Balaban J connectivity index is 1.90. The smallest absolute Gasteiger partial charge is 0.265 e. The lowest BCUT2D eigenvalue weighted by atomic mass is 10.1. The summed E-state index contributed by atoms with van der Waals surface area (Å²) in [4.78, 5) is 15.3. The van der Waals surface area contributed by atoms with E-state index < -0.39 is 14.1 Å². The topological polar surface area (TPSA) is 68.1 Å². The zero-order valence-electron chi connectivity index (χ0n) is 15.1. The molecule has 1 aromatic heterocycles. The second-order valence-corrected chi connectivity index (χ2v) is 8.65. The van der Waals surface area contributed by atoms with E-state index in [2.05, 4.69) is 29.2 Å². The highest BCUT2D eigenvalue weighted by Gasteiger charge is 2.26. The maximum absolute atomic E-state index is 12.1. The summed E-state index contributed by atoms with van der Waals surface area (Å²) in [7, 11) is 0.374. The minimum atomic E-state index is -1.27. The first-order valence-corrected chi connectivity index (χ1v) is 10.3. The molecular weight excluding hydrogens is 391 g/mol. The Bertz CT molecular complexity index is 1160. The number of fused-ring (bicyclic) bond motifs is 1. The standard InChI is InChI=1S/C22H18ClN2O2P/c1-27-28(17-9-5-8-15(12-17)14-6-3-2-4-7-14)21-18-13-16(23)10-11-19(18)25-20(21)22(24)26/h2-13,25H,1H3,(H2,24,26). The summed E-state index contributed by atoms with van der Waals surface area (Å²) in [5.41, 5.74) is 9.02. The van der Waals surface area contributed by atoms with Crippen LogP contribution in [0.2, 0.25) is 5.02 Å². The van der Waals surface area contributed by atoms with Crippen LogP contribution in [0.15, 0.2) is 72.8 Å². The average molecular weight is 409 g/mol. The number of carbonyl (C=O) groups is 1. The van der Waals surface area contributed by atoms with E-state index in [-0.39, 0.29) is 0 Å². The van der Waals surface area contributed by atoms with Gasteiger partial charge in [-0.25, -0.2) is 0 Å². The Morgan fingerprint density at radius 2 is 1.75 bits per heavy atom. The van der Waals surface area contributed by atoms with E-state index in [0.717, 1.165) is 32.6 Å². The third-order valence-corrected chi connectivity index (χ3v) is 6.77. The van der Waals surface area contributed by atoms with E-state index in [4.69, 9.17) is 21.9 Å². The van der Waals surface area contributed by atoms with Crippen molar-refractivity contribution in [3.8, 4) is 11.1 Å². The fourth-order valence-corrected chi connectivity index (χ4v) is 5.38. The Morgan fingerprint density at radius 1 is 1.00 bits per heavy atom. The lowest BCUT2D eigenvalue weighted by Gasteiger charge is -2.17. The molecule has 0 saturated carbocycles. The highest BCUT2D eigenvalue weighted by atomic mass is 35.5. The molecule has 0 saturated heterocycles. The number of hydrogen-bond acceptors (Lipinski definition) is 2. The molecule has 140 valence electrons. The van der Waals surface area contributed by atoms with Gasteiger partial charge in [0, 0.05) is 33.6 Å². The monoisotopic (exact) mass is 408 g/mol. The first-order valence-electron chi connectivity index (χ1n) is 8.69. The van der Waals surface area contributed by atoms with Gasteiger partial charge in [-0.15, -0.1) is 0 Å². The number of nitrogens with two attached hydrogens (primary N) is 1. The van der Waals surface area contributed by atoms with E-state index in [1.807, 2.05) is 42.5 Å². The van der Waals surface area contributed by atoms with Crippen LogP contribution in [0, 0.1) is 0 Å². The van der Waals surface area contributed by atoms with Crippen LogP contribution in [0.25, 0.3) is 22.0 Å². The molecule has 0 spiro atoms. The number of aromatic amines is 1. The summed E-state index contributed by atoms with van der Waals surface area (Å²) in [6.07, 6.45) is 0. The molecule has 0 radical (unpaired) electrons. The number of aromatic nitrogens is 1. The van der Waals surface area contributed by atoms with Crippen molar-refractivity contribution in [2.75, 3.05) is 7.11 Å². The number of hydrogen-bond donors (Lipinski definition) is 2. The molecule has 4 rings (SSSR count). The normalized spacial score (nSPS) is 12.2.